The highest BCUT2D eigenvalue weighted by Gasteiger charge is 2.21. The lowest BCUT2D eigenvalue weighted by molar-refractivity contribution is -0.129. The van der Waals surface area contributed by atoms with Gasteiger partial charge in [0, 0.05) is 18.3 Å². The van der Waals surface area contributed by atoms with Crippen LogP contribution in [0.1, 0.15) is 33.6 Å². The highest BCUT2D eigenvalue weighted by molar-refractivity contribution is 5.89. The van der Waals surface area contributed by atoms with Gasteiger partial charge in [0.25, 0.3) is 0 Å². The lowest BCUT2D eigenvalue weighted by atomic mass is 9.88. The minimum absolute atomic E-state index is 0.0595. The van der Waals surface area contributed by atoms with Gasteiger partial charge in [-0.3, -0.25) is 9.59 Å². The SMILES string of the molecule is CC(C)(C)C(=O)CCC(=O)CO. The molecule has 0 aromatic rings. The number of carbonyl (C=O) groups is 2. The Morgan fingerprint density at radius 2 is 1.67 bits per heavy atom. The number of Topliss-reactive ketones (excluding diaryl/α,β-unsaturated/α-hetero) is 2. The molecule has 0 rings (SSSR count). The molecule has 70 valence electrons. The van der Waals surface area contributed by atoms with Gasteiger partial charge in [-0.15, -0.1) is 0 Å². The van der Waals surface area contributed by atoms with Gasteiger partial charge in [-0.25, -0.2) is 0 Å². The van der Waals surface area contributed by atoms with Gasteiger partial charge in [0.15, 0.2) is 5.78 Å². The van der Waals surface area contributed by atoms with Crippen molar-refractivity contribution in [1.29, 1.82) is 0 Å². The fourth-order valence-electron chi connectivity index (χ4n) is 0.707. The van der Waals surface area contributed by atoms with E-state index in [4.69, 9.17) is 5.11 Å². The molecule has 0 saturated heterocycles. The van der Waals surface area contributed by atoms with Gasteiger partial charge < -0.3 is 5.11 Å². The third-order valence-electron chi connectivity index (χ3n) is 1.64. The van der Waals surface area contributed by atoms with Crippen LogP contribution in [0.3, 0.4) is 0 Å². The molecule has 0 heterocycles. The molecule has 12 heavy (non-hydrogen) atoms. The van der Waals surface area contributed by atoms with E-state index in [0.717, 1.165) is 0 Å². The summed E-state index contributed by atoms with van der Waals surface area (Å²) in [5.74, 6) is -0.211. The topological polar surface area (TPSA) is 54.4 Å². The zero-order valence-corrected chi connectivity index (χ0v) is 7.89. The van der Waals surface area contributed by atoms with Crippen LogP contribution in [0.15, 0.2) is 0 Å². The monoisotopic (exact) mass is 172 g/mol. The highest BCUT2D eigenvalue weighted by Crippen LogP contribution is 2.17. The predicted molar refractivity (Wildman–Crippen MR) is 45.8 cm³/mol. The van der Waals surface area contributed by atoms with Crippen molar-refractivity contribution in [3.63, 3.8) is 0 Å². The Hall–Kier alpha value is -0.700. The number of carbonyl (C=O) groups excluding carboxylic acids is 2. The summed E-state index contributed by atoms with van der Waals surface area (Å²) in [7, 11) is 0. The van der Waals surface area contributed by atoms with E-state index in [-0.39, 0.29) is 29.8 Å². The van der Waals surface area contributed by atoms with Crippen LogP contribution in [0.4, 0.5) is 0 Å². The molecular weight excluding hydrogens is 156 g/mol. The van der Waals surface area contributed by atoms with Crippen molar-refractivity contribution in [2.75, 3.05) is 6.61 Å². The van der Waals surface area contributed by atoms with E-state index >= 15 is 0 Å². The molecule has 0 radical (unpaired) electrons. The Morgan fingerprint density at radius 1 is 1.17 bits per heavy atom. The van der Waals surface area contributed by atoms with Gasteiger partial charge in [0.2, 0.25) is 0 Å². The van der Waals surface area contributed by atoms with Crippen LogP contribution in [-0.2, 0) is 9.59 Å². The summed E-state index contributed by atoms with van der Waals surface area (Å²) < 4.78 is 0. The third-order valence-corrected chi connectivity index (χ3v) is 1.64. The molecule has 0 aliphatic rings. The number of rotatable bonds is 4. The van der Waals surface area contributed by atoms with E-state index < -0.39 is 6.61 Å². The molecule has 0 aromatic heterocycles. The minimum atomic E-state index is -0.461. The molecule has 0 unspecified atom stereocenters. The first kappa shape index (κ1) is 11.3. The molecule has 0 saturated carbocycles. The van der Waals surface area contributed by atoms with Crippen molar-refractivity contribution in [1.82, 2.24) is 0 Å². The van der Waals surface area contributed by atoms with E-state index in [1.54, 1.807) is 0 Å². The van der Waals surface area contributed by atoms with Crippen molar-refractivity contribution in [3.05, 3.63) is 0 Å². The minimum Gasteiger partial charge on any atom is -0.389 e. The van der Waals surface area contributed by atoms with Crippen molar-refractivity contribution < 1.29 is 14.7 Å². The first-order valence-corrected chi connectivity index (χ1v) is 4.04. The maximum atomic E-state index is 11.3. The molecule has 0 aliphatic heterocycles. The lowest BCUT2D eigenvalue weighted by Gasteiger charge is -2.15. The largest absolute Gasteiger partial charge is 0.389 e. The Bertz CT molecular complexity index is 177. The molecule has 0 bridgehead atoms. The highest BCUT2D eigenvalue weighted by atomic mass is 16.3. The fraction of sp³-hybridized carbons (Fsp3) is 0.778. The molecule has 0 fully saturated rings. The second-order valence-electron chi connectivity index (χ2n) is 3.87. The van der Waals surface area contributed by atoms with Crippen molar-refractivity contribution in [2.24, 2.45) is 5.41 Å². The van der Waals surface area contributed by atoms with Crippen molar-refractivity contribution >= 4 is 11.6 Å². The summed E-state index contributed by atoms with van der Waals surface area (Å²) in [6.45, 7) is 4.99. The molecule has 3 nitrogen and oxygen atoms in total. The Balaban J connectivity index is 3.81. The number of hydrogen-bond donors (Lipinski definition) is 1. The molecule has 0 spiro atoms. The van der Waals surface area contributed by atoms with Crippen LogP contribution in [0.25, 0.3) is 0 Å². The lowest BCUT2D eigenvalue weighted by Crippen LogP contribution is -2.21. The summed E-state index contributed by atoms with van der Waals surface area (Å²) in [6.07, 6.45) is 0.398. The van der Waals surface area contributed by atoms with E-state index in [1.165, 1.54) is 0 Å². The maximum absolute atomic E-state index is 11.3. The maximum Gasteiger partial charge on any atom is 0.158 e. The summed E-state index contributed by atoms with van der Waals surface area (Å²) >= 11 is 0. The van der Waals surface area contributed by atoms with E-state index in [9.17, 15) is 9.59 Å². The van der Waals surface area contributed by atoms with Crippen LogP contribution >= 0.6 is 0 Å². The van der Waals surface area contributed by atoms with Crippen molar-refractivity contribution in [2.45, 2.75) is 33.6 Å². The van der Waals surface area contributed by atoms with Gasteiger partial charge in [0.1, 0.15) is 12.4 Å². The average Bonchev–Trinajstić information content (AvgIpc) is 1.97. The summed E-state index contributed by atoms with van der Waals surface area (Å²) in [6, 6.07) is 0. The van der Waals surface area contributed by atoms with Crippen LogP contribution in [0, 0.1) is 5.41 Å². The second-order valence-corrected chi connectivity index (χ2v) is 3.87. The van der Waals surface area contributed by atoms with Crippen LogP contribution in [0.5, 0.6) is 0 Å². The van der Waals surface area contributed by atoms with Gasteiger partial charge in [0.05, 0.1) is 0 Å². The number of hydrogen-bond acceptors (Lipinski definition) is 3. The van der Waals surface area contributed by atoms with Gasteiger partial charge in [-0.2, -0.15) is 0 Å². The van der Waals surface area contributed by atoms with Crippen LogP contribution in [-0.4, -0.2) is 23.3 Å². The molecule has 0 aromatic carbocycles. The molecule has 0 amide bonds. The standard InChI is InChI=1S/C9H16O3/c1-9(2,3)8(12)5-4-7(11)6-10/h10H,4-6H2,1-3H3. The second kappa shape index (κ2) is 4.36. The van der Waals surface area contributed by atoms with Gasteiger partial charge >= 0.3 is 0 Å². The molecule has 1 N–H and O–H groups in total. The number of ketones is 2. The molecular formula is C9H16O3. The summed E-state index contributed by atoms with van der Waals surface area (Å²) in [4.78, 5) is 21.9. The van der Waals surface area contributed by atoms with E-state index in [2.05, 4.69) is 0 Å². The summed E-state index contributed by atoms with van der Waals surface area (Å²) in [5.41, 5.74) is -0.379. The van der Waals surface area contributed by atoms with Crippen molar-refractivity contribution in [3.8, 4) is 0 Å². The summed E-state index contributed by atoms with van der Waals surface area (Å²) in [5, 5.41) is 8.39. The zero-order valence-electron chi connectivity index (χ0n) is 7.89. The van der Waals surface area contributed by atoms with Gasteiger partial charge in [-0.1, -0.05) is 20.8 Å². The van der Waals surface area contributed by atoms with Crippen LogP contribution < -0.4 is 0 Å². The third kappa shape index (κ3) is 4.23. The first-order valence-electron chi connectivity index (χ1n) is 4.04. The molecule has 3 heteroatoms. The predicted octanol–water partition coefficient (Wildman–Crippen LogP) is 0.943. The molecule has 0 atom stereocenters. The smallest absolute Gasteiger partial charge is 0.158 e. The fourth-order valence-corrected chi connectivity index (χ4v) is 0.707. The van der Waals surface area contributed by atoms with Gasteiger partial charge in [-0.05, 0) is 0 Å². The number of aliphatic hydroxyl groups excluding tert-OH is 1. The normalized spacial score (nSPS) is 11.3. The van der Waals surface area contributed by atoms with E-state index in [1.807, 2.05) is 20.8 Å². The van der Waals surface area contributed by atoms with Crippen LogP contribution in [0.2, 0.25) is 0 Å². The first-order chi connectivity index (χ1) is 5.38. The Morgan fingerprint density at radius 3 is 2.00 bits per heavy atom. The number of aliphatic hydroxyl groups is 1. The average molecular weight is 172 g/mol. The van der Waals surface area contributed by atoms with E-state index in [0.29, 0.717) is 0 Å². The Labute approximate surface area is 72.8 Å². The quantitative estimate of drug-likeness (QED) is 0.686. The molecule has 0 aliphatic carbocycles. The zero-order chi connectivity index (χ0) is 9.78. The Kier molecular flexibility index (Phi) is 4.10.